The fraction of sp³-hybridized carbons (Fsp3) is 0.556. The number of carbonyl (C=O) groups is 1. The van der Waals surface area contributed by atoms with Crippen LogP contribution in [0.5, 0.6) is 0 Å². The van der Waals surface area contributed by atoms with Gasteiger partial charge in [0.2, 0.25) is 0 Å². The summed E-state index contributed by atoms with van der Waals surface area (Å²) in [5.41, 5.74) is 2.04. The van der Waals surface area contributed by atoms with Crippen LogP contribution >= 0.6 is 0 Å². The van der Waals surface area contributed by atoms with Gasteiger partial charge in [0, 0.05) is 6.42 Å². The molecule has 1 aromatic carbocycles. The molecular formula is C18H25NO4. The molecule has 126 valence electrons. The fourth-order valence-electron chi connectivity index (χ4n) is 2.16. The van der Waals surface area contributed by atoms with E-state index in [0.29, 0.717) is 25.9 Å². The molecule has 0 aromatic heterocycles. The van der Waals surface area contributed by atoms with Crippen LogP contribution in [-0.4, -0.2) is 22.8 Å². The monoisotopic (exact) mass is 319 g/mol. The van der Waals surface area contributed by atoms with E-state index in [1.54, 1.807) is 19.9 Å². The largest absolute Gasteiger partial charge is 0.466 e. The molecule has 5 heteroatoms. The zero-order valence-electron chi connectivity index (χ0n) is 13.8. The molecule has 0 radical (unpaired) electrons. The lowest BCUT2D eigenvalue weighted by Gasteiger charge is -2.14. The second-order valence-electron chi connectivity index (χ2n) is 6.24. The molecule has 23 heavy (non-hydrogen) atoms. The average Bonchev–Trinajstić information content (AvgIpc) is 2.57. The molecule has 1 rings (SSSR count). The molecule has 0 amide bonds. The van der Waals surface area contributed by atoms with Crippen molar-refractivity contribution in [2.75, 3.05) is 6.61 Å². The summed E-state index contributed by atoms with van der Waals surface area (Å²) in [5, 5.41) is 27.3. The van der Waals surface area contributed by atoms with Crippen LogP contribution in [0.1, 0.15) is 49.8 Å². The van der Waals surface area contributed by atoms with Crippen LogP contribution in [0.25, 0.3) is 0 Å². The lowest BCUT2D eigenvalue weighted by molar-refractivity contribution is -0.144. The molecule has 0 aliphatic rings. The molecule has 0 saturated heterocycles. The average molecular weight is 319 g/mol. The van der Waals surface area contributed by atoms with E-state index in [1.807, 2.05) is 12.1 Å². The van der Waals surface area contributed by atoms with E-state index in [0.717, 1.165) is 16.7 Å². The Hall–Kier alpha value is -1.90. The molecule has 1 aromatic rings. The Kier molecular flexibility index (Phi) is 7.73. The Labute approximate surface area is 137 Å². The predicted molar refractivity (Wildman–Crippen MR) is 86.2 cm³/mol. The van der Waals surface area contributed by atoms with Crippen molar-refractivity contribution in [3.8, 4) is 6.07 Å². The van der Waals surface area contributed by atoms with E-state index in [2.05, 4.69) is 6.07 Å². The van der Waals surface area contributed by atoms with Gasteiger partial charge in [0.1, 0.15) is 0 Å². The summed E-state index contributed by atoms with van der Waals surface area (Å²) >= 11 is 0. The first-order valence-electron chi connectivity index (χ1n) is 7.81. The highest BCUT2D eigenvalue weighted by Crippen LogP contribution is 2.21. The Morgan fingerprint density at radius 2 is 2.00 bits per heavy atom. The summed E-state index contributed by atoms with van der Waals surface area (Å²) < 4.78 is 5.17. The maximum atomic E-state index is 11.6. The third-order valence-electron chi connectivity index (χ3n) is 3.73. The number of hydrogen-bond acceptors (Lipinski definition) is 5. The number of ether oxygens (including phenoxy) is 1. The van der Waals surface area contributed by atoms with Crippen molar-refractivity contribution in [1.29, 1.82) is 5.26 Å². The molecule has 0 aliphatic heterocycles. The van der Waals surface area contributed by atoms with Crippen LogP contribution in [0.4, 0.5) is 0 Å². The maximum Gasteiger partial charge on any atom is 0.305 e. The zero-order valence-corrected chi connectivity index (χ0v) is 13.8. The van der Waals surface area contributed by atoms with E-state index >= 15 is 0 Å². The van der Waals surface area contributed by atoms with E-state index in [1.165, 1.54) is 0 Å². The highest BCUT2D eigenvalue weighted by Gasteiger charge is 2.18. The standard InChI is InChI=1S/C18H25NO4/c1-18(2,13-19)8-7-17(22)23-9-3-4-15-6-5-14(11-20)10-16(15)12-21/h5-6,10,20-21H,3-4,7-9,11-12H2,1-2H3. The molecule has 0 heterocycles. The number of aliphatic hydroxyl groups excluding tert-OH is 2. The first kappa shape index (κ1) is 19.1. The number of benzene rings is 1. The van der Waals surface area contributed by atoms with Crippen molar-refractivity contribution in [3.63, 3.8) is 0 Å². The van der Waals surface area contributed by atoms with Gasteiger partial charge >= 0.3 is 5.97 Å². The third-order valence-corrected chi connectivity index (χ3v) is 3.73. The van der Waals surface area contributed by atoms with Gasteiger partial charge in [-0.05, 0) is 49.8 Å². The molecule has 0 atom stereocenters. The highest BCUT2D eigenvalue weighted by molar-refractivity contribution is 5.69. The number of nitrogens with zero attached hydrogens (tertiary/aromatic N) is 1. The van der Waals surface area contributed by atoms with Crippen molar-refractivity contribution >= 4 is 5.97 Å². The summed E-state index contributed by atoms with van der Waals surface area (Å²) in [6.45, 7) is 3.79. The second kappa shape index (κ2) is 9.29. The summed E-state index contributed by atoms with van der Waals surface area (Å²) in [6, 6.07) is 7.65. The molecule has 2 N–H and O–H groups in total. The normalized spacial score (nSPS) is 11.1. The van der Waals surface area contributed by atoms with Crippen molar-refractivity contribution in [3.05, 3.63) is 34.9 Å². The van der Waals surface area contributed by atoms with Gasteiger partial charge in [0.05, 0.1) is 31.3 Å². The van der Waals surface area contributed by atoms with Gasteiger partial charge in [-0.1, -0.05) is 18.2 Å². The number of aryl methyl sites for hydroxylation is 1. The Morgan fingerprint density at radius 1 is 1.26 bits per heavy atom. The van der Waals surface area contributed by atoms with Crippen molar-refractivity contribution in [1.82, 2.24) is 0 Å². The number of carbonyl (C=O) groups excluding carboxylic acids is 1. The molecule has 0 saturated carbocycles. The van der Waals surface area contributed by atoms with E-state index in [-0.39, 0.29) is 25.6 Å². The molecule has 0 fully saturated rings. The number of nitriles is 1. The smallest absolute Gasteiger partial charge is 0.305 e. The maximum absolute atomic E-state index is 11.6. The number of esters is 1. The fourth-order valence-corrected chi connectivity index (χ4v) is 2.16. The Morgan fingerprint density at radius 3 is 2.61 bits per heavy atom. The third kappa shape index (κ3) is 6.81. The van der Waals surface area contributed by atoms with Crippen molar-refractivity contribution < 1.29 is 19.7 Å². The van der Waals surface area contributed by atoms with Gasteiger partial charge in [-0.25, -0.2) is 0 Å². The van der Waals surface area contributed by atoms with Gasteiger partial charge in [-0.3, -0.25) is 4.79 Å². The molecule has 0 spiro atoms. The van der Waals surface area contributed by atoms with Crippen molar-refractivity contribution in [2.24, 2.45) is 5.41 Å². The molecule has 0 bridgehead atoms. The van der Waals surface area contributed by atoms with Gasteiger partial charge in [-0.15, -0.1) is 0 Å². The first-order valence-corrected chi connectivity index (χ1v) is 7.81. The molecule has 5 nitrogen and oxygen atoms in total. The molecule has 0 aliphatic carbocycles. The summed E-state index contributed by atoms with van der Waals surface area (Å²) in [7, 11) is 0. The van der Waals surface area contributed by atoms with E-state index in [4.69, 9.17) is 15.1 Å². The summed E-state index contributed by atoms with van der Waals surface area (Å²) in [6.07, 6.45) is 2.09. The van der Waals surface area contributed by atoms with Crippen LogP contribution < -0.4 is 0 Å². The summed E-state index contributed by atoms with van der Waals surface area (Å²) in [4.78, 5) is 11.6. The van der Waals surface area contributed by atoms with Crippen LogP contribution in [0.3, 0.4) is 0 Å². The molecule has 0 unspecified atom stereocenters. The van der Waals surface area contributed by atoms with Crippen LogP contribution in [-0.2, 0) is 29.2 Å². The number of rotatable bonds is 9. The SMILES string of the molecule is CC(C)(C#N)CCC(=O)OCCCc1ccc(CO)cc1CO. The van der Waals surface area contributed by atoms with Gasteiger partial charge in [0.25, 0.3) is 0 Å². The second-order valence-corrected chi connectivity index (χ2v) is 6.24. The zero-order chi connectivity index (χ0) is 17.3. The predicted octanol–water partition coefficient (Wildman–Crippen LogP) is 2.48. The Balaban J connectivity index is 2.35. The van der Waals surface area contributed by atoms with Crippen molar-refractivity contribution in [2.45, 2.75) is 52.7 Å². The van der Waals surface area contributed by atoms with Gasteiger partial charge in [-0.2, -0.15) is 5.26 Å². The van der Waals surface area contributed by atoms with Gasteiger partial charge in [0.15, 0.2) is 0 Å². The Bertz CT molecular complexity index is 561. The van der Waals surface area contributed by atoms with E-state index in [9.17, 15) is 9.90 Å². The number of hydrogen-bond donors (Lipinski definition) is 2. The highest BCUT2D eigenvalue weighted by atomic mass is 16.5. The lowest BCUT2D eigenvalue weighted by atomic mass is 9.90. The van der Waals surface area contributed by atoms with Gasteiger partial charge < -0.3 is 14.9 Å². The minimum Gasteiger partial charge on any atom is -0.466 e. The van der Waals surface area contributed by atoms with Crippen LogP contribution in [0.15, 0.2) is 18.2 Å². The minimum absolute atomic E-state index is 0.0516. The molecular weight excluding hydrogens is 294 g/mol. The topological polar surface area (TPSA) is 90.6 Å². The minimum atomic E-state index is -0.510. The first-order chi connectivity index (χ1) is 10.9. The van der Waals surface area contributed by atoms with Crippen LogP contribution in [0.2, 0.25) is 0 Å². The lowest BCUT2D eigenvalue weighted by Crippen LogP contribution is -2.13. The number of aliphatic hydroxyl groups is 2. The van der Waals surface area contributed by atoms with E-state index < -0.39 is 5.41 Å². The quantitative estimate of drug-likeness (QED) is 0.539. The van der Waals surface area contributed by atoms with Crippen LogP contribution in [0, 0.1) is 16.7 Å². The summed E-state index contributed by atoms with van der Waals surface area (Å²) in [5.74, 6) is -0.286.